The van der Waals surface area contributed by atoms with Crippen LogP contribution in [0.15, 0.2) is 33.3 Å². The standard InChI is InChI=1S/C14H13BrN2O3/c15-9-6-4-8(5-7-9)12-16-13(20-17-12)10-2-1-3-11(10)14(18)19/h4-7,10-11H,1-3H2,(H,18,19). The topological polar surface area (TPSA) is 76.2 Å². The van der Waals surface area contributed by atoms with Crippen molar-refractivity contribution in [1.29, 1.82) is 0 Å². The quantitative estimate of drug-likeness (QED) is 0.928. The van der Waals surface area contributed by atoms with Crippen molar-refractivity contribution in [1.82, 2.24) is 10.1 Å². The van der Waals surface area contributed by atoms with Crippen LogP contribution in [-0.2, 0) is 4.79 Å². The molecule has 1 aliphatic carbocycles. The van der Waals surface area contributed by atoms with Crippen molar-refractivity contribution in [3.63, 3.8) is 0 Å². The van der Waals surface area contributed by atoms with Crippen molar-refractivity contribution in [2.24, 2.45) is 5.92 Å². The fourth-order valence-corrected chi connectivity index (χ4v) is 2.92. The van der Waals surface area contributed by atoms with E-state index in [4.69, 9.17) is 4.52 Å². The van der Waals surface area contributed by atoms with E-state index in [1.54, 1.807) is 0 Å². The minimum absolute atomic E-state index is 0.163. The summed E-state index contributed by atoms with van der Waals surface area (Å²) in [5.74, 6) is -0.412. The third-order valence-electron chi connectivity index (χ3n) is 3.69. The van der Waals surface area contributed by atoms with E-state index in [0.717, 1.165) is 22.9 Å². The first kappa shape index (κ1) is 13.3. The molecule has 1 heterocycles. The third kappa shape index (κ3) is 2.47. The molecule has 0 spiro atoms. The van der Waals surface area contributed by atoms with Crippen LogP contribution in [0.3, 0.4) is 0 Å². The van der Waals surface area contributed by atoms with E-state index in [-0.39, 0.29) is 5.92 Å². The lowest BCUT2D eigenvalue weighted by atomic mass is 9.96. The number of aliphatic carboxylic acids is 1. The van der Waals surface area contributed by atoms with E-state index in [2.05, 4.69) is 26.1 Å². The van der Waals surface area contributed by atoms with Gasteiger partial charge in [0.25, 0.3) is 0 Å². The molecular formula is C14H13BrN2O3. The van der Waals surface area contributed by atoms with Crippen LogP contribution < -0.4 is 0 Å². The molecule has 0 saturated heterocycles. The van der Waals surface area contributed by atoms with E-state index in [9.17, 15) is 9.90 Å². The highest BCUT2D eigenvalue weighted by molar-refractivity contribution is 9.10. The van der Waals surface area contributed by atoms with Crippen LogP contribution >= 0.6 is 15.9 Å². The van der Waals surface area contributed by atoms with Gasteiger partial charge >= 0.3 is 5.97 Å². The summed E-state index contributed by atoms with van der Waals surface area (Å²) in [6.45, 7) is 0. The summed E-state index contributed by atoms with van der Waals surface area (Å²) in [6.07, 6.45) is 2.35. The summed E-state index contributed by atoms with van der Waals surface area (Å²) in [5.41, 5.74) is 0.855. The molecule has 1 aromatic heterocycles. The Labute approximate surface area is 124 Å². The number of halogens is 1. The maximum atomic E-state index is 11.2. The molecule has 2 unspecified atom stereocenters. The Balaban J connectivity index is 1.86. The number of hydrogen-bond acceptors (Lipinski definition) is 4. The number of hydrogen-bond donors (Lipinski definition) is 1. The molecule has 0 amide bonds. The van der Waals surface area contributed by atoms with Crippen LogP contribution in [0, 0.1) is 5.92 Å². The van der Waals surface area contributed by atoms with Crippen LogP contribution in [0.1, 0.15) is 31.1 Å². The monoisotopic (exact) mass is 336 g/mol. The average Bonchev–Trinajstić information content (AvgIpc) is 3.08. The molecule has 0 bridgehead atoms. The van der Waals surface area contributed by atoms with Crippen LogP contribution in [0.2, 0.25) is 0 Å². The number of rotatable bonds is 3. The first-order valence-corrected chi connectivity index (χ1v) is 7.27. The van der Waals surface area contributed by atoms with Gasteiger partial charge in [-0.25, -0.2) is 0 Å². The molecule has 2 atom stereocenters. The van der Waals surface area contributed by atoms with E-state index in [1.807, 2.05) is 24.3 Å². The number of benzene rings is 1. The van der Waals surface area contributed by atoms with Crippen LogP contribution in [-0.4, -0.2) is 21.2 Å². The van der Waals surface area contributed by atoms with Gasteiger partial charge in [-0.3, -0.25) is 4.79 Å². The van der Waals surface area contributed by atoms with Crippen LogP contribution in [0.5, 0.6) is 0 Å². The van der Waals surface area contributed by atoms with Crippen molar-refractivity contribution >= 4 is 21.9 Å². The summed E-state index contributed by atoms with van der Waals surface area (Å²) in [4.78, 5) is 15.6. The Bertz CT molecular complexity index is 624. The lowest BCUT2D eigenvalue weighted by molar-refractivity contribution is -0.142. The van der Waals surface area contributed by atoms with Crippen LogP contribution in [0.25, 0.3) is 11.4 Å². The first-order chi connectivity index (χ1) is 9.65. The zero-order valence-corrected chi connectivity index (χ0v) is 12.2. The Hall–Kier alpha value is -1.69. The van der Waals surface area contributed by atoms with E-state index in [1.165, 1.54) is 0 Å². The smallest absolute Gasteiger partial charge is 0.307 e. The predicted molar refractivity (Wildman–Crippen MR) is 75.2 cm³/mol. The van der Waals surface area contributed by atoms with Crippen molar-refractivity contribution in [2.45, 2.75) is 25.2 Å². The van der Waals surface area contributed by atoms with E-state index >= 15 is 0 Å². The maximum absolute atomic E-state index is 11.2. The molecule has 0 aliphatic heterocycles. The summed E-state index contributed by atoms with van der Waals surface area (Å²) in [7, 11) is 0. The molecule has 2 aromatic rings. The number of nitrogens with zero attached hydrogens (tertiary/aromatic N) is 2. The second-order valence-electron chi connectivity index (χ2n) is 4.95. The Morgan fingerprint density at radius 3 is 2.75 bits per heavy atom. The molecule has 6 heteroatoms. The Morgan fingerprint density at radius 2 is 2.05 bits per heavy atom. The van der Waals surface area contributed by atoms with Gasteiger partial charge in [-0.15, -0.1) is 0 Å². The minimum Gasteiger partial charge on any atom is -0.481 e. The highest BCUT2D eigenvalue weighted by atomic mass is 79.9. The van der Waals surface area contributed by atoms with Gasteiger partial charge in [-0.05, 0) is 37.1 Å². The fourth-order valence-electron chi connectivity index (χ4n) is 2.65. The molecule has 20 heavy (non-hydrogen) atoms. The summed E-state index contributed by atoms with van der Waals surface area (Å²) in [6, 6.07) is 7.59. The third-order valence-corrected chi connectivity index (χ3v) is 4.22. The molecule has 1 saturated carbocycles. The second-order valence-corrected chi connectivity index (χ2v) is 5.86. The largest absolute Gasteiger partial charge is 0.481 e. The summed E-state index contributed by atoms with van der Waals surface area (Å²) in [5, 5.41) is 13.2. The molecule has 1 fully saturated rings. The molecule has 5 nitrogen and oxygen atoms in total. The van der Waals surface area contributed by atoms with Gasteiger partial charge in [-0.1, -0.05) is 27.5 Å². The van der Waals surface area contributed by atoms with Crippen molar-refractivity contribution < 1.29 is 14.4 Å². The Kier molecular flexibility index (Phi) is 3.56. The van der Waals surface area contributed by atoms with Crippen LogP contribution in [0.4, 0.5) is 0 Å². The van der Waals surface area contributed by atoms with Gasteiger partial charge in [-0.2, -0.15) is 4.98 Å². The van der Waals surface area contributed by atoms with Gasteiger partial charge in [0.05, 0.1) is 11.8 Å². The molecule has 1 aromatic carbocycles. The maximum Gasteiger partial charge on any atom is 0.307 e. The summed E-state index contributed by atoms with van der Waals surface area (Å²) >= 11 is 3.37. The van der Waals surface area contributed by atoms with Gasteiger partial charge < -0.3 is 9.63 Å². The lowest BCUT2D eigenvalue weighted by Gasteiger charge is -2.09. The molecule has 0 radical (unpaired) electrons. The number of aromatic nitrogens is 2. The van der Waals surface area contributed by atoms with Crippen molar-refractivity contribution in [2.75, 3.05) is 0 Å². The van der Waals surface area contributed by atoms with Crippen molar-refractivity contribution in [3.05, 3.63) is 34.6 Å². The van der Waals surface area contributed by atoms with Gasteiger partial charge in [0, 0.05) is 10.0 Å². The van der Waals surface area contributed by atoms with Gasteiger partial charge in [0.1, 0.15) is 0 Å². The number of carbonyl (C=O) groups is 1. The lowest BCUT2D eigenvalue weighted by Crippen LogP contribution is -2.17. The summed E-state index contributed by atoms with van der Waals surface area (Å²) < 4.78 is 6.26. The van der Waals surface area contributed by atoms with E-state index < -0.39 is 11.9 Å². The molecule has 3 rings (SSSR count). The fraction of sp³-hybridized carbons (Fsp3) is 0.357. The van der Waals surface area contributed by atoms with Crippen molar-refractivity contribution in [3.8, 4) is 11.4 Å². The molecular weight excluding hydrogens is 324 g/mol. The minimum atomic E-state index is -0.782. The normalized spacial score (nSPS) is 22.1. The Morgan fingerprint density at radius 1 is 1.30 bits per heavy atom. The molecule has 104 valence electrons. The second kappa shape index (κ2) is 5.36. The van der Waals surface area contributed by atoms with E-state index in [0.29, 0.717) is 18.1 Å². The zero-order chi connectivity index (χ0) is 14.1. The average molecular weight is 337 g/mol. The number of carboxylic acid groups (broad SMARTS) is 1. The molecule has 1 aliphatic rings. The molecule has 1 N–H and O–H groups in total. The van der Waals surface area contributed by atoms with Gasteiger partial charge in [0.15, 0.2) is 0 Å². The SMILES string of the molecule is O=C(O)C1CCCC1c1nc(-c2ccc(Br)cc2)no1. The zero-order valence-electron chi connectivity index (χ0n) is 10.6. The number of carboxylic acids is 1. The first-order valence-electron chi connectivity index (χ1n) is 6.47. The highest BCUT2D eigenvalue weighted by Gasteiger charge is 2.37. The predicted octanol–water partition coefficient (Wildman–Crippen LogP) is 3.47. The van der Waals surface area contributed by atoms with Gasteiger partial charge in [0.2, 0.25) is 11.7 Å². The highest BCUT2D eigenvalue weighted by Crippen LogP contribution is 2.39.